The van der Waals surface area contributed by atoms with Crippen molar-refractivity contribution in [3.05, 3.63) is 70.6 Å². The average Bonchev–Trinajstić information content (AvgIpc) is 3.26. The molecule has 0 spiro atoms. The second kappa shape index (κ2) is 7.82. The first-order valence-corrected chi connectivity index (χ1v) is 11.2. The zero-order valence-corrected chi connectivity index (χ0v) is 17.3. The van der Waals surface area contributed by atoms with E-state index in [4.69, 9.17) is 10.00 Å². The van der Waals surface area contributed by atoms with Gasteiger partial charge in [-0.05, 0) is 30.3 Å². The summed E-state index contributed by atoms with van der Waals surface area (Å²) < 4.78 is 45.5. The predicted octanol–water partition coefficient (Wildman–Crippen LogP) is 4.35. The van der Waals surface area contributed by atoms with Gasteiger partial charge in [-0.1, -0.05) is 6.07 Å². The third-order valence-electron chi connectivity index (χ3n) is 4.55. The van der Waals surface area contributed by atoms with Crippen molar-refractivity contribution in [2.45, 2.75) is 10.6 Å². The molecule has 0 aliphatic carbocycles. The number of benzene rings is 2. The largest absolute Gasteiger partial charge is 0.496 e. The maximum absolute atomic E-state index is 14.6. The summed E-state index contributed by atoms with van der Waals surface area (Å²) in [7, 11) is -2.22. The van der Waals surface area contributed by atoms with Gasteiger partial charge in [-0.25, -0.2) is 17.8 Å². The number of sulfone groups is 1. The van der Waals surface area contributed by atoms with E-state index in [0.29, 0.717) is 33.0 Å². The molecule has 2 heterocycles. The Morgan fingerprint density at radius 2 is 2.00 bits per heavy atom. The van der Waals surface area contributed by atoms with Crippen LogP contribution in [0.15, 0.2) is 59.1 Å². The van der Waals surface area contributed by atoms with Gasteiger partial charge in [0.1, 0.15) is 22.3 Å². The molecule has 4 aromatic rings. The standard InChI is InChI=1S/C21H14FN3O3S2/c1-28-19-8-13(10-23)2-4-16(19)21-15-5-3-14(9-17(15)18(22)11-25-21)30(26,27)12-20-24-6-7-29-20/h2-9,11H,12H2,1H3. The highest BCUT2D eigenvalue weighted by molar-refractivity contribution is 7.90. The molecule has 0 saturated heterocycles. The van der Waals surface area contributed by atoms with Crippen LogP contribution < -0.4 is 4.74 Å². The fourth-order valence-corrected chi connectivity index (χ4v) is 5.40. The number of nitrogens with zero attached hydrogens (tertiary/aromatic N) is 3. The average molecular weight is 439 g/mol. The van der Waals surface area contributed by atoms with Gasteiger partial charge < -0.3 is 4.74 Å². The molecular formula is C21H14FN3O3S2. The predicted molar refractivity (Wildman–Crippen MR) is 111 cm³/mol. The lowest BCUT2D eigenvalue weighted by Gasteiger charge is -2.12. The molecule has 0 saturated carbocycles. The fourth-order valence-electron chi connectivity index (χ4n) is 3.12. The molecule has 0 atom stereocenters. The van der Waals surface area contributed by atoms with Gasteiger partial charge in [-0.2, -0.15) is 5.26 Å². The number of hydrogen-bond acceptors (Lipinski definition) is 7. The molecule has 150 valence electrons. The van der Waals surface area contributed by atoms with Gasteiger partial charge in [0.25, 0.3) is 0 Å². The first-order chi connectivity index (χ1) is 14.4. The van der Waals surface area contributed by atoms with Crippen molar-refractivity contribution in [3.63, 3.8) is 0 Å². The highest BCUT2D eigenvalue weighted by Crippen LogP contribution is 2.36. The Labute approximate surface area is 176 Å². The van der Waals surface area contributed by atoms with E-state index in [2.05, 4.69) is 9.97 Å². The van der Waals surface area contributed by atoms with Gasteiger partial charge in [-0.15, -0.1) is 11.3 Å². The molecule has 0 N–H and O–H groups in total. The van der Waals surface area contributed by atoms with E-state index in [1.807, 2.05) is 6.07 Å². The Bertz CT molecular complexity index is 1400. The Balaban J connectivity index is 1.86. The molecule has 30 heavy (non-hydrogen) atoms. The van der Waals surface area contributed by atoms with Crippen LogP contribution in [0.25, 0.3) is 22.0 Å². The van der Waals surface area contributed by atoms with Crippen LogP contribution in [-0.4, -0.2) is 25.5 Å². The van der Waals surface area contributed by atoms with Crippen molar-refractivity contribution >= 4 is 31.9 Å². The number of methoxy groups -OCH3 is 1. The number of hydrogen-bond donors (Lipinski definition) is 0. The lowest BCUT2D eigenvalue weighted by molar-refractivity contribution is 0.416. The van der Waals surface area contributed by atoms with Gasteiger partial charge in [0, 0.05) is 27.9 Å². The monoisotopic (exact) mass is 439 g/mol. The molecule has 2 aromatic carbocycles. The SMILES string of the molecule is COc1cc(C#N)ccc1-c1ncc(F)c2cc(S(=O)(=O)Cc3nccs3)ccc12. The zero-order valence-electron chi connectivity index (χ0n) is 15.7. The molecule has 0 bridgehead atoms. The molecule has 6 nitrogen and oxygen atoms in total. The number of fused-ring (bicyclic) bond motifs is 1. The normalized spacial score (nSPS) is 11.4. The van der Waals surface area contributed by atoms with Crippen LogP contribution in [0.1, 0.15) is 10.6 Å². The number of thiazole rings is 1. The van der Waals surface area contributed by atoms with Gasteiger partial charge in [-0.3, -0.25) is 4.98 Å². The van der Waals surface area contributed by atoms with Gasteiger partial charge in [0.2, 0.25) is 0 Å². The molecule has 2 aromatic heterocycles. The van der Waals surface area contributed by atoms with E-state index in [0.717, 1.165) is 6.20 Å². The Hall–Kier alpha value is -3.35. The minimum Gasteiger partial charge on any atom is -0.496 e. The van der Waals surface area contributed by atoms with Crippen LogP contribution >= 0.6 is 11.3 Å². The first kappa shape index (κ1) is 19.9. The minimum atomic E-state index is -3.69. The lowest BCUT2D eigenvalue weighted by Crippen LogP contribution is -2.05. The fraction of sp³-hybridized carbons (Fsp3) is 0.0952. The molecule has 0 amide bonds. The topological polar surface area (TPSA) is 92.9 Å². The molecular weight excluding hydrogens is 425 g/mol. The number of ether oxygens (including phenoxy) is 1. The third-order valence-corrected chi connectivity index (χ3v) is 7.14. The van der Waals surface area contributed by atoms with Crippen LogP contribution in [0.5, 0.6) is 5.75 Å². The summed E-state index contributed by atoms with van der Waals surface area (Å²) >= 11 is 1.25. The summed E-state index contributed by atoms with van der Waals surface area (Å²) in [6.45, 7) is 0. The van der Waals surface area contributed by atoms with E-state index < -0.39 is 15.7 Å². The van der Waals surface area contributed by atoms with Crippen molar-refractivity contribution in [1.82, 2.24) is 9.97 Å². The Kier molecular flexibility index (Phi) is 5.20. The Morgan fingerprint density at radius 3 is 2.70 bits per heavy atom. The highest BCUT2D eigenvalue weighted by atomic mass is 32.2. The molecule has 0 aliphatic heterocycles. The van der Waals surface area contributed by atoms with Crippen LogP contribution in [0.3, 0.4) is 0 Å². The quantitative estimate of drug-likeness (QED) is 0.459. The molecule has 0 aliphatic rings. The van der Waals surface area contributed by atoms with Crippen molar-refractivity contribution in [2.24, 2.45) is 0 Å². The number of halogens is 1. The van der Waals surface area contributed by atoms with Crippen LogP contribution in [0.4, 0.5) is 4.39 Å². The van der Waals surface area contributed by atoms with Crippen LogP contribution in [-0.2, 0) is 15.6 Å². The van der Waals surface area contributed by atoms with E-state index in [9.17, 15) is 12.8 Å². The second-order valence-corrected chi connectivity index (χ2v) is 9.34. The number of rotatable bonds is 5. The van der Waals surface area contributed by atoms with Gasteiger partial charge >= 0.3 is 0 Å². The minimum absolute atomic E-state index is 0.00745. The van der Waals surface area contributed by atoms with Crippen molar-refractivity contribution < 1.29 is 17.5 Å². The van der Waals surface area contributed by atoms with Crippen LogP contribution in [0, 0.1) is 17.1 Å². The number of pyridine rings is 1. The number of aromatic nitrogens is 2. The van der Waals surface area contributed by atoms with E-state index >= 15 is 0 Å². The molecule has 0 radical (unpaired) electrons. The summed E-state index contributed by atoms with van der Waals surface area (Å²) in [5, 5.41) is 11.8. The van der Waals surface area contributed by atoms with Gasteiger partial charge in [0.05, 0.1) is 35.5 Å². The zero-order chi connectivity index (χ0) is 21.3. The summed E-state index contributed by atoms with van der Waals surface area (Å²) in [6, 6.07) is 11.2. The number of nitriles is 1. The summed E-state index contributed by atoms with van der Waals surface area (Å²) in [5.74, 6) is -0.471. The third kappa shape index (κ3) is 3.63. The van der Waals surface area contributed by atoms with Crippen molar-refractivity contribution in [2.75, 3.05) is 7.11 Å². The highest BCUT2D eigenvalue weighted by Gasteiger charge is 2.20. The summed E-state index contributed by atoms with van der Waals surface area (Å²) in [6.07, 6.45) is 2.59. The summed E-state index contributed by atoms with van der Waals surface area (Å²) in [5.41, 5.74) is 1.41. The molecule has 9 heteroatoms. The second-order valence-electron chi connectivity index (χ2n) is 6.37. The molecule has 0 unspecified atom stereocenters. The van der Waals surface area contributed by atoms with Crippen LogP contribution in [0.2, 0.25) is 0 Å². The van der Waals surface area contributed by atoms with Crippen molar-refractivity contribution in [1.29, 1.82) is 5.26 Å². The molecule has 4 rings (SSSR count). The maximum atomic E-state index is 14.6. The van der Waals surface area contributed by atoms with E-state index in [1.165, 1.54) is 36.6 Å². The first-order valence-electron chi connectivity index (χ1n) is 8.71. The van der Waals surface area contributed by atoms with E-state index in [1.54, 1.807) is 29.8 Å². The maximum Gasteiger partial charge on any atom is 0.184 e. The summed E-state index contributed by atoms with van der Waals surface area (Å²) in [4.78, 5) is 8.22. The van der Waals surface area contributed by atoms with Gasteiger partial charge in [0.15, 0.2) is 9.84 Å². The molecule has 0 fully saturated rings. The van der Waals surface area contributed by atoms with Crippen molar-refractivity contribution in [3.8, 4) is 23.1 Å². The smallest absolute Gasteiger partial charge is 0.184 e. The Morgan fingerprint density at radius 1 is 1.17 bits per heavy atom. The lowest BCUT2D eigenvalue weighted by atomic mass is 10.0. The van der Waals surface area contributed by atoms with E-state index in [-0.39, 0.29) is 16.0 Å².